The monoisotopic (exact) mass is 210 g/mol. The number of alkyl halides is 1. The largest absolute Gasteiger partial charge is 0.255 e. The van der Waals surface area contributed by atoms with E-state index >= 15 is 0 Å². The summed E-state index contributed by atoms with van der Waals surface area (Å²) in [4.78, 5) is 8.52. The van der Waals surface area contributed by atoms with Crippen molar-refractivity contribution in [1.82, 2.24) is 9.97 Å². The fourth-order valence-corrected chi connectivity index (χ4v) is 1.89. The SMILES string of the molecule is ClCc1nc(-c2ccccn2)cs1. The Morgan fingerprint density at radius 3 is 2.85 bits per heavy atom. The average Bonchev–Trinajstić information content (AvgIpc) is 2.67. The number of pyridine rings is 1. The van der Waals surface area contributed by atoms with Crippen LogP contribution in [0.2, 0.25) is 0 Å². The molecule has 0 radical (unpaired) electrons. The van der Waals surface area contributed by atoms with Crippen molar-refractivity contribution in [2.24, 2.45) is 0 Å². The molecule has 4 heteroatoms. The minimum Gasteiger partial charge on any atom is -0.255 e. The van der Waals surface area contributed by atoms with Crippen LogP contribution in [0.1, 0.15) is 5.01 Å². The Bertz CT molecular complexity index is 386. The van der Waals surface area contributed by atoms with Crippen LogP contribution in [0.15, 0.2) is 29.8 Å². The molecule has 0 saturated carbocycles. The molecular weight excluding hydrogens is 204 g/mol. The van der Waals surface area contributed by atoms with E-state index in [1.807, 2.05) is 23.6 Å². The molecular formula is C9H7ClN2S. The van der Waals surface area contributed by atoms with Gasteiger partial charge in [-0.05, 0) is 12.1 Å². The van der Waals surface area contributed by atoms with Crippen molar-refractivity contribution in [3.8, 4) is 11.4 Å². The third-order valence-corrected chi connectivity index (χ3v) is 2.85. The highest BCUT2D eigenvalue weighted by Crippen LogP contribution is 2.20. The minimum absolute atomic E-state index is 0.470. The summed E-state index contributed by atoms with van der Waals surface area (Å²) in [7, 11) is 0. The van der Waals surface area contributed by atoms with Crippen LogP contribution >= 0.6 is 22.9 Å². The van der Waals surface area contributed by atoms with Gasteiger partial charge in [-0.3, -0.25) is 4.98 Å². The highest BCUT2D eigenvalue weighted by Gasteiger charge is 2.03. The molecule has 0 spiro atoms. The van der Waals surface area contributed by atoms with Crippen LogP contribution in [-0.4, -0.2) is 9.97 Å². The van der Waals surface area contributed by atoms with E-state index in [9.17, 15) is 0 Å². The molecule has 13 heavy (non-hydrogen) atoms. The number of halogens is 1. The molecule has 0 aliphatic carbocycles. The van der Waals surface area contributed by atoms with Crippen molar-refractivity contribution in [3.05, 3.63) is 34.8 Å². The molecule has 0 atom stereocenters. The van der Waals surface area contributed by atoms with Crippen molar-refractivity contribution in [1.29, 1.82) is 0 Å². The predicted octanol–water partition coefficient (Wildman–Crippen LogP) is 2.94. The lowest BCUT2D eigenvalue weighted by molar-refractivity contribution is 1.22. The van der Waals surface area contributed by atoms with Crippen LogP contribution in [-0.2, 0) is 5.88 Å². The van der Waals surface area contributed by atoms with E-state index in [1.54, 1.807) is 17.5 Å². The molecule has 0 unspecified atom stereocenters. The highest BCUT2D eigenvalue weighted by molar-refractivity contribution is 7.10. The van der Waals surface area contributed by atoms with Gasteiger partial charge in [0.2, 0.25) is 0 Å². The number of aromatic nitrogens is 2. The quantitative estimate of drug-likeness (QED) is 0.713. The maximum absolute atomic E-state index is 5.66. The molecule has 0 aliphatic heterocycles. The maximum atomic E-state index is 5.66. The van der Waals surface area contributed by atoms with Gasteiger partial charge in [0.05, 0.1) is 17.3 Å². The van der Waals surface area contributed by atoms with E-state index in [0.29, 0.717) is 5.88 Å². The Kier molecular flexibility index (Phi) is 2.57. The van der Waals surface area contributed by atoms with Crippen LogP contribution in [0.4, 0.5) is 0 Å². The summed E-state index contributed by atoms with van der Waals surface area (Å²) in [6.07, 6.45) is 1.76. The first-order valence-electron chi connectivity index (χ1n) is 3.82. The fourth-order valence-electron chi connectivity index (χ4n) is 1.00. The Labute approximate surface area is 85.2 Å². The van der Waals surface area contributed by atoms with Gasteiger partial charge >= 0.3 is 0 Å². The topological polar surface area (TPSA) is 25.8 Å². The second-order valence-electron chi connectivity index (χ2n) is 2.48. The number of thiazole rings is 1. The van der Waals surface area contributed by atoms with Crippen molar-refractivity contribution in [2.45, 2.75) is 5.88 Å². The van der Waals surface area contributed by atoms with E-state index in [0.717, 1.165) is 16.4 Å². The van der Waals surface area contributed by atoms with Gasteiger partial charge in [-0.1, -0.05) is 6.07 Å². The molecule has 0 amide bonds. The van der Waals surface area contributed by atoms with Gasteiger partial charge in [-0.25, -0.2) is 4.98 Å². The van der Waals surface area contributed by atoms with E-state index in [4.69, 9.17) is 11.6 Å². The Morgan fingerprint density at radius 2 is 2.23 bits per heavy atom. The number of hydrogen-bond acceptors (Lipinski definition) is 3. The van der Waals surface area contributed by atoms with E-state index in [2.05, 4.69) is 9.97 Å². The van der Waals surface area contributed by atoms with Crippen LogP contribution in [0.5, 0.6) is 0 Å². The molecule has 2 nitrogen and oxygen atoms in total. The first-order valence-corrected chi connectivity index (χ1v) is 5.23. The van der Waals surface area contributed by atoms with Gasteiger partial charge in [0.15, 0.2) is 0 Å². The third kappa shape index (κ3) is 1.87. The molecule has 2 heterocycles. The lowest BCUT2D eigenvalue weighted by atomic mass is 10.3. The van der Waals surface area contributed by atoms with Gasteiger partial charge in [0.1, 0.15) is 5.01 Å². The number of nitrogens with zero attached hydrogens (tertiary/aromatic N) is 2. The molecule has 0 aromatic carbocycles. The first kappa shape index (κ1) is 8.66. The molecule has 2 rings (SSSR count). The van der Waals surface area contributed by atoms with Gasteiger partial charge in [-0.15, -0.1) is 22.9 Å². The van der Waals surface area contributed by atoms with Crippen LogP contribution < -0.4 is 0 Å². The predicted molar refractivity (Wildman–Crippen MR) is 54.9 cm³/mol. The zero-order valence-corrected chi connectivity index (χ0v) is 8.35. The standard InChI is InChI=1S/C9H7ClN2S/c10-5-9-12-8(6-13-9)7-3-1-2-4-11-7/h1-4,6H,5H2. The lowest BCUT2D eigenvalue weighted by Crippen LogP contribution is -1.82. The van der Waals surface area contributed by atoms with Gasteiger partial charge in [-0.2, -0.15) is 0 Å². The van der Waals surface area contributed by atoms with Crippen molar-refractivity contribution in [3.63, 3.8) is 0 Å². The van der Waals surface area contributed by atoms with E-state index in [1.165, 1.54) is 0 Å². The summed E-state index contributed by atoms with van der Waals surface area (Å²) in [5, 5.41) is 2.90. The van der Waals surface area contributed by atoms with Crippen molar-refractivity contribution >= 4 is 22.9 Å². The molecule has 2 aromatic rings. The summed E-state index contributed by atoms with van der Waals surface area (Å²) >= 11 is 7.22. The Morgan fingerprint density at radius 1 is 1.31 bits per heavy atom. The van der Waals surface area contributed by atoms with Crippen molar-refractivity contribution in [2.75, 3.05) is 0 Å². The second kappa shape index (κ2) is 3.85. The summed E-state index contributed by atoms with van der Waals surface area (Å²) in [5.74, 6) is 0.470. The Hall–Kier alpha value is -0.930. The summed E-state index contributed by atoms with van der Waals surface area (Å²) < 4.78 is 0. The van der Waals surface area contributed by atoms with Gasteiger partial charge in [0, 0.05) is 11.6 Å². The van der Waals surface area contributed by atoms with Gasteiger partial charge in [0.25, 0.3) is 0 Å². The van der Waals surface area contributed by atoms with E-state index < -0.39 is 0 Å². The normalized spacial score (nSPS) is 10.2. The zero-order chi connectivity index (χ0) is 9.10. The summed E-state index contributed by atoms with van der Waals surface area (Å²) in [6.45, 7) is 0. The molecule has 0 saturated heterocycles. The maximum Gasteiger partial charge on any atom is 0.108 e. The van der Waals surface area contributed by atoms with Crippen molar-refractivity contribution < 1.29 is 0 Å². The first-order chi connectivity index (χ1) is 6.40. The molecule has 0 fully saturated rings. The molecule has 0 aliphatic rings. The number of hydrogen-bond donors (Lipinski definition) is 0. The van der Waals surface area contributed by atoms with Crippen LogP contribution in [0.3, 0.4) is 0 Å². The van der Waals surface area contributed by atoms with Crippen LogP contribution in [0.25, 0.3) is 11.4 Å². The minimum atomic E-state index is 0.470. The second-order valence-corrected chi connectivity index (χ2v) is 3.69. The third-order valence-electron chi connectivity index (χ3n) is 1.59. The van der Waals surface area contributed by atoms with Gasteiger partial charge < -0.3 is 0 Å². The molecule has 0 bridgehead atoms. The average molecular weight is 211 g/mol. The Balaban J connectivity index is 2.36. The smallest absolute Gasteiger partial charge is 0.108 e. The van der Waals surface area contributed by atoms with Crippen LogP contribution in [0, 0.1) is 0 Å². The lowest BCUT2D eigenvalue weighted by Gasteiger charge is -1.92. The summed E-state index contributed by atoms with van der Waals surface area (Å²) in [5.41, 5.74) is 1.80. The molecule has 0 N–H and O–H groups in total. The fraction of sp³-hybridized carbons (Fsp3) is 0.111. The van der Waals surface area contributed by atoms with E-state index in [-0.39, 0.29) is 0 Å². The molecule has 66 valence electrons. The summed E-state index contributed by atoms with van der Waals surface area (Å²) in [6, 6.07) is 5.77. The zero-order valence-electron chi connectivity index (χ0n) is 6.77. The molecule has 2 aromatic heterocycles. The highest BCUT2D eigenvalue weighted by atomic mass is 35.5. The number of rotatable bonds is 2.